The second-order valence-corrected chi connectivity index (χ2v) is 6.84. The lowest BCUT2D eigenvalue weighted by atomic mass is 10.1. The zero-order chi connectivity index (χ0) is 20.4. The minimum absolute atomic E-state index is 0.0108. The number of fused-ring (bicyclic) bond motifs is 1. The number of benzene rings is 1. The van der Waals surface area contributed by atoms with Gasteiger partial charge in [0, 0.05) is 17.8 Å². The average Bonchev–Trinajstić information content (AvgIpc) is 3.13. The summed E-state index contributed by atoms with van der Waals surface area (Å²) in [7, 11) is 4.55. The van der Waals surface area contributed by atoms with Crippen molar-refractivity contribution in [1.29, 1.82) is 0 Å². The largest absolute Gasteiger partial charge is 0.496 e. The van der Waals surface area contributed by atoms with Crippen LogP contribution >= 0.6 is 22.9 Å². The molecule has 0 unspecified atom stereocenters. The van der Waals surface area contributed by atoms with E-state index in [0.717, 1.165) is 15.7 Å². The van der Waals surface area contributed by atoms with Crippen molar-refractivity contribution in [2.75, 3.05) is 21.3 Å². The monoisotopic (exact) mass is 422 g/mol. The highest BCUT2D eigenvalue weighted by atomic mass is 35.5. The van der Waals surface area contributed by atoms with Crippen LogP contribution in [0, 0.1) is 0 Å². The molecule has 2 heterocycles. The van der Waals surface area contributed by atoms with Crippen LogP contribution in [0.4, 0.5) is 0 Å². The summed E-state index contributed by atoms with van der Waals surface area (Å²) in [5, 5.41) is 8.98. The summed E-state index contributed by atoms with van der Waals surface area (Å²) in [6.07, 6.45) is 4.42. The van der Waals surface area contributed by atoms with Gasteiger partial charge in [-0.2, -0.15) is 0 Å². The Kier molecular flexibility index (Phi) is 5.57. The second-order valence-electron chi connectivity index (χ2n) is 5.45. The van der Waals surface area contributed by atoms with E-state index in [1.807, 2.05) is 0 Å². The third-order valence-corrected chi connectivity index (χ3v) is 5.19. The lowest BCUT2D eigenvalue weighted by Gasteiger charge is -2.12. The summed E-state index contributed by atoms with van der Waals surface area (Å²) in [5.74, 6) is 0.388. The van der Waals surface area contributed by atoms with Gasteiger partial charge in [0.2, 0.25) is 0 Å². The summed E-state index contributed by atoms with van der Waals surface area (Å²) in [4.78, 5) is 28.0. The van der Waals surface area contributed by atoms with E-state index in [4.69, 9.17) is 30.9 Å². The van der Waals surface area contributed by atoms with Crippen molar-refractivity contribution in [3.05, 3.63) is 49.8 Å². The van der Waals surface area contributed by atoms with Gasteiger partial charge in [-0.05, 0) is 18.2 Å². The Morgan fingerprint density at radius 2 is 1.79 bits per heavy atom. The fourth-order valence-electron chi connectivity index (χ4n) is 2.50. The Morgan fingerprint density at radius 1 is 1.14 bits per heavy atom. The number of nitrogens with zero attached hydrogens (tertiary/aromatic N) is 2. The molecule has 0 aliphatic carbocycles. The first-order valence-electron chi connectivity index (χ1n) is 7.82. The van der Waals surface area contributed by atoms with Gasteiger partial charge in [0.25, 0.3) is 5.56 Å². The molecule has 0 atom stereocenters. The van der Waals surface area contributed by atoms with Crippen LogP contribution in [0.3, 0.4) is 0 Å². The Morgan fingerprint density at radius 3 is 2.39 bits per heavy atom. The Labute approximate surface area is 168 Å². The standard InChI is InChI=1S/C18H15ClN2O6S/c1-25-11-7-13(27-3)12(26-2)6-9(11)4-5-10-15(19)16(22)21-8-14(17(23)24)28-18(21)20-10/h4-8H,1-3H3,(H,23,24). The zero-order valence-electron chi connectivity index (χ0n) is 15.1. The molecule has 0 saturated heterocycles. The molecular formula is C18H15ClN2O6S. The molecule has 2 aromatic heterocycles. The third-order valence-electron chi connectivity index (χ3n) is 3.87. The first kappa shape index (κ1) is 19.7. The molecule has 0 radical (unpaired) electrons. The highest BCUT2D eigenvalue weighted by molar-refractivity contribution is 7.18. The van der Waals surface area contributed by atoms with Crippen LogP contribution in [-0.4, -0.2) is 41.8 Å². The van der Waals surface area contributed by atoms with Crippen molar-refractivity contribution in [2.45, 2.75) is 0 Å². The van der Waals surface area contributed by atoms with E-state index in [2.05, 4.69) is 4.98 Å². The van der Waals surface area contributed by atoms with Gasteiger partial charge in [0.15, 0.2) is 16.5 Å². The normalized spacial score (nSPS) is 11.1. The molecule has 0 bridgehead atoms. The number of carbonyl (C=O) groups is 1. The van der Waals surface area contributed by atoms with Gasteiger partial charge < -0.3 is 19.3 Å². The first-order valence-corrected chi connectivity index (χ1v) is 9.02. The molecule has 3 rings (SSSR count). The Hall–Kier alpha value is -3.04. The molecule has 0 saturated carbocycles. The van der Waals surface area contributed by atoms with Gasteiger partial charge >= 0.3 is 5.97 Å². The van der Waals surface area contributed by atoms with Crippen LogP contribution < -0.4 is 19.8 Å². The van der Waals surface area contributed by atoms with Crippen molar-refractivity contribution in [3.8, 4) is 17.2 Å². The number of aromatic carboxylic acids is 1. The van der Waals surface area contributed by atoms with Crippen LogP contribution in [0.5, 0.6) is 17.2 Å². The molecule has 1 aromatic carbocycles. The number of carboxylic acids is 1. The lowest BCUT2D eigenvalue weighted by molar-refractivity contribution is 0.0701. The molecule has 28 heavy (non-hydrogen) atoms. The number of rotatable bonds is 6. The van der Waals surface area contributed by atoms with Gasteiger partial charge in [0.05, 0.1) is 27.0 Å². The molecular weight excluding hydrogens is 408 g/mol. The summed E-state index contributed by atoms with van der Waals surface area (Å²) in [5.41, 5.74) is 0.312. The van der Waals surface area contributed by atoms with E-state index in [0.29, 0.717) is 22.8 Å². The number of aromatic nitrogens is 2. The summed E-state index contributed by atoms with van der Waals surface area (Å²) in [6, 6.07) is 3.38. The van der Waals surface area contributed by atoms with Gasteiger partial charge in [-0.15, -0.1) is 0 Å². The van der Waals surface area contributed by atoms with E-state index in [1.54, 1.807) is 24.3 Å². The van der Waals surface area contributed by atoms with Gasteiger partial charge in [-0.25, -0.2) is 9.78 Å². The van der Waals surface area contributed by atoms with E-state index < -0.39 is 11.5 Å². The Balaban J connectivity index is 2.09. The van der Waals surface area contributed by atoms with Crippen LogP contribution in [0.25, 0.3) is 17.1 Å². The molecule has 3 aromatic rings. The van der Waals surface area contributed by atoms with Crippen LogP contribution in [-0.2, 0) is 0 Å². The Bertz CT molecular complexity index is 1150. The van der Waals surface area contributed by atoms with E-state index in [-0.39, 0.29) is 20.6 Å². The number of hydrogen-bond donors (Lipinski definition) is 1. The van der Waals surface area contributed by atoms with Crippen LogP contribution in [0.2, 0.25) is 5.02 Å². The topological polar surface area (TPSA) is 99.4 Å². The fourth-order valence-corrected chi connectivity index (χ4v) is 3.51. The fraction of sp³-hybridized carbons (Fsp3) is 0.167. The number of thiazole rings is 1. The average molecular weight is 423 g/mol. The first-order chi connectivity index (χ1) is 13.4. The molecule has 10 heteroatoms. The molecule has 0 aliphatic rings. The van der Waals surface area contributed by atoms with Crippen molar-refractivity contribution in [1.82, 2.24) is 9.38 Å². The zero-order valence-corrected chi connectivity index (χ0v) is 16.6. The van der Waals surface area contributed by atoms with Crippen LogP contribution in [0.15, 0.2) is 23.1 Å². The number of hydrogen-bond acceptors (Lipinski definition) is 7. The minimum Gasteiger partial charge on any atom is -0.496 e. The maximum absolute atomic E-state index is 12.4. The highest BCUT2D eigenvalue weighted by Gasteiger charge is 2.15. The molecule has 1 N–H and O–H groups in total. The maximum atomic E-state index is 12.4. The molecule has 0 aliphatic heterocycles. The molecule has 146 valence electrons. The van der Waals surface area contributed by atoms with E-state index >= 15 is 0 Å². The summed E-state index contributed by atoms with van der Waals surface area (Å²) >= 11 is 7.02. The van der Waals surface area contributed by atoms with E-state index in [1.165, 1.54) is 27.5 Å². The predicted molar refractivity (Wildman–Crippen MR) is 106 cm³/mol. The molecule has 0 fully saturated rings. The van der Waals surface area contributed by atoms with E-state index in [9.17, 15) is 9.59 Å². The number of carboxylic acid groups (broad SMARTS) is 1. The predicted octanol–water partition coefficient (Wildman–Crippen LogP) is 3.30. The third kappa shape index (κ3) is 3.54. The second kappa shape index (κ2) is 7.91. The van der Waals surface area contributed by atoms with Crippen molar-refractivity contribution in [3.63, 3.8) is 0 Å². The molecule has 0 spiro atoms. The van der Waals surface area contributed by atoms with Gasteiger partial charge in [0.1, 0.15) is 15.6 Å². The summed E-state index contributed by atoms with van der Waals surface area (Å²) < 4.78 is 17.0. The van der Waals surface area contributed by atoms with Gasteiger partial charge in [-0.3, -0.25) is 9.20 Å². The number of halogens is 1. The van der Waals surface area contributed by atoms with Crippen molar-refractivity contribution < 1.29 is 24.1 Å². The number of methoxy groups -OCH3 is 3. The maximum Gasteiger partial charge on any atom is 0.347 e. The van der Waals surface area contributed by atoms with Gasteiger partial charge in [-0.1, -0.05) is 22.9 Å². The SMILES string of the molecule is COc1cc(OC)c(OC)cc1C=Cc1nc2sc(C(=O)O)cn2c(=O)c1Cl. The van der Waals surface area contributed by atoms with Crippen molar-refractivity contribution >= 4 is 46.0 Å². The molecule has 0 amide bonds. The smallest absolute Gasteiger partial charge is 0.347 e. The number of ether oxygens (including phenoxy) is 3. The highest BCUT2D eigenvalue weighted by Crippen LogP contribution is 2.35. The van der Waals surface area contributed by atoms with Crippen LogP contribution in [0.1, 0.15) is 20.9 Å². The molecule has 8 nitrogen and oxygen atoms in total. The quantitative estimate of drug-likeness (QED) is 0.650. The lowest BCUT2D eigenvalue weighted by Crippen LogP contribution is -2.14. The summed E-state index contributed by atoms with van der Waals surface area (Å²) in [6.45, 7) is 0. The van der Waals surface area contributed by atoms with Crippen molar-refractivity contribution in [2.24, 2.45) is 0 Å². The minimum atomic E-state index is -1.14.